The molecule has 1 saturated heterocycles. The monoisotopic (exact) mass is 345 g/mol. The standard InChI is InChI=1S/C19H27N3OS/c1-3-6-18-13-16(14-24-18)19(23)22-10-5-4-7-17(22)8-11-21-12-9-20-15(21)2/h9,12-14,17H,3-8,10-11H2,1-2H3/t17-/m1/s1. The third-order valence-corrected chi connectivity index (χ3v) is 5.91. The Bertz CT molecular complexity index is 676. The quantitative estimate of drug-likeness (QED) is 0.783. The van der Waals surface area contributed by atoms with E-state index in [0.29, 0.717) is 6.04 Å². The number of aromatic nitrogens is 2. The van der Waals surface area contributed by atoms with Crippen molar-refractivity contribution in [2.75, 3.05) is 6.54 Å². The molecule has 130 valence electrons. The molecule has 3 rings (SSSR count). The maximum atomic E-state index is 13.0. The highest BCUT2D eigenvalue weighted by molar-refractivity contribution is 7.10. The van der Waals surface area contributed by atoms with Crippen molar-refractivity contribution in [3.63, 3.8) is 0 Å². The molecule has 1 aliphatic rings. The van der Waals surface area contributed by atoms with Gasteiger partial charge in [0.25, 0.3) is 5.91 Å². The second-order valence-corrected chi connectivity index (χ2v) is 7.65. The topological polar surface area (TPSA) is 38.1 Å². The van der Waals surface area contributed by atoms with Crippen molar-refractivity contribution in [3.8, 4) is 0 Å². The van der Waals surface area contributed by atoms with Gasteiger partial charge in [0.2, 0.25) is 0 Å². The molecule has 1 amide bonds. The van der Waals surface area contributed by atoms with Gasteiger partial charge in [-0.1, -0.05) is 13.3 Å². The predicted molar refractivity (Wildman–Crippen MR) is 98.6 cm³/mol. The van der Waals surface area contributed by atoms with Crippen LogP contribution in [0, 0.1) is 6.92 Å². The number of thiophene rings is 1. The average molecular weight is 346 g/mol. The molecular weight excluding hydrogens is 318 g/mol. The van der Waals surface area contributed by atoms with Gasteiger partial charge in [0.1, 0.15) is 5.82 Å². The molecule has 2 aromatic rings. The summed E-state index contributed by atoms with van der Waals surface area (Å²) in [5.41, 5.74) is 0.883. The smallest absolute Gasteiger partial charge is 0.254 e. The fraction of sp³-hybridized carbons (Fsp3) is 0.579. The number of likely N-dealkylation sites (tertiary alicyclic amines) is 1. The Morgan fingerprint density at radius 3 is 3.04 bits per heavy atom. The van der Waals surface area contributed by atoms with Crippen LogP contribution in [0.5, 0.6) is 0 Å². The van der Waals surface area contributed by atoms with Crippen LogP contribution in [-0.2, 0) is 13.0 Å². The highest BCUT2D eigenvalue weighted by Gasteiger charge is 2.27. The highest BCUT2D eigenvalue weighted by Crippen LogP contribution is 2.25. The Labute approximate surface area is 148 Å². The van der Waals surface area contributed by atoms with Gasteiger partial charge in [-0.15, -0.1) is 11.3 Å². The van der Waals surface area contributed by atoms with Crippen LogP contribution in [0.25, 0.3) is 0 Å². The van der Waals surface area contributed by atoms with Gasteiger partial charge >= 0.3 is 0 Å². The Hall–Kier alpha value is -1.62. The van der Waals surface area contributed by atoms with Gasteiger partial charge in [0.05, 0.1) is 5.56 Å². The summed E-state index contributed by atoms with van der Waals surface area (Å²) in [7, 11) is 0. The number of imidazole rings is 1. The van der Waals surface area contributed by atoms with E-state index in [2.05, 4.69) is 27.4 Å². The molecule has 4 nitrogen and oxygen atoms in total. The van der Waals surface area contributed by atoms with E-state index in [4.69, 9.17) is 0 Å². The first-order valence-electron chi connectivity index (χ1n) is 9.05. The van der Waals surface area contributed by atoms with E-state index in [9.17, 15) is 4.79 Å². The van der Waals surface area contributed by atoms with Crippen LogP contribution in [0.1, 0.15) is 60.1 Å². The maximum Gasteiger partial charge on any atom is 0.254 e. The van der Waals surface area contributed by atoms with Crippen LogP contribution in [0.4, 0.5) is 0 Å². The van der Waals surface area contributed by atoms with Gasteiger partial charge < -0.3 is 9.47 Å². The fourth-order valence-electron chi connectivity index (χ4n) is 3.53. The molecule has 0 radical (unpaired) electrons. The molecule has 0 unspecified atom stereocenters. The van der Waals surface area contributed by atoms with Crippen LogP contribution in [-0.4, -0.2) is 32.9 Å². The molecule has 24 heavy (non-hydrogen) atoms. The lowest BCUT2D eigenvalue weighted by atomic mass is 9.98. The summed E-state index contributed by atoms with van der Waals surface area (Å²) in [5.74, 6) is 1.27. The summed E-state index contributed by atoms with van der Waals surface area (Å²) in [6.07, 6.45) is 10.5. The van der Waals surface area contributed by atoms with Gasteiger partial charge in [-0.3, -0.25) is 4.79 Å². The van der Waals surface area contributed by atoms with Crippen LogP contribution in [0.15, 0.2) is 23.8 Å². The molecule has 0 saturated carbocycles. The van der Waals surface area contributed by atoms with Crippen LogP contribution < -0.4 is 0 Å². The van der Waals surface area contributed by atoms with Crippen molar-refractivity contribution in [2.45, 2.75) is 65.0 Å². The molecule has 0 aliphatic carbocycles. The summed E-state index contributed by atoms with van der Waals surface area (Å²) in [6, 6.07) is 2.45. The lowest BCUT2D eigenvalue weighted by molar-refractivity contribution is 0.0596. The van der Waals surface area contributed by atoms with E-state index in [1.165, 1.54) is 11.3 Å². The molecule has 1 aliphatic heterocycles. The summed E-state index contributed by atoms with van der Waals surface area (Å²) in [6.45, 7) is 6.04. The predicted octanol–water partition coefficient (Wildman–Crippen LogP) is 4.29. The number of amides is 1. The molecule has 1 atom stereocenters. The second-order valence-electron chi connectivity index (χ2n) is 6.66. The molecule has 0 aromatic carbocycles. The van der Waals surface area contributed by atoms with Gasteiger partial charge in [-0.05, 0) is 45.1 Å². The number of carbonyl (C=O) groups is 1. The second kappa shape index (κ2) is 7.97. The number of piperidine rings is 1. The molecule has 3 heterocycles. The number of nitrogens with zero attached hydrogens (tertiary/aromatic N) is 3. The van der Waals surface area contributed by atoms with Gasteiger partial charge in [0, 0.05) is 41.8 Å². The van der Waals surface area contributed by atoms with E-state index in [1.807, 2.05) is 24.7 Å². The number of hydrogen-bond donors (Lipinski definition) is 0. The molecule has 0 N–H and O–H groups in total. The third kappa shape index (κ3) is 3.89. The first-order valence-corrected chi connectivity index (χ1v) is 9.93. The van der Waals surface area contributed by atoms with Crippen molar-refractivity contribution in [1.29, 1.82) is 0 Å². The number of hydrogen-bond acceptors (Lipinski definition) is 3. The Kier molecular flexibility index (Phi) is 5.72. The van der Waals surface area contributed by atoms with E-state index in [0.717, 1.165) is 56.6 Å². The Morgan fingerprint density at radius 1 is 1.42 bits per heavy atom. The van der Waals surface area contributed by atoms with Crippen molar-refractivity contribution >= 4 is 17.2 Å². The normalized spacial score (nSPS) is 18.1. The van der Waals surface area contributed by atoms with E-state index < -0.39 is 0 Å². The molecule has 0 bridgehead atoms. The van der Waals surface area contributed by atoms with Gasteiger partial charge in [0.15, 0.2) is 0 Å². The first kappa shape index (κ1) is 17.2. The number of carbonyl (C=O) groups excluding carboxylic acids is 1. The van der Waals surface area contributed by atoms with Crippen LogP contribution in [0.2, 0.25) is 0 Å². The third-order valence-electron chi connectivity index (χ3n) is 4.91. The SMILES string of the molecule is CCCc1cc(C(=O)N2CCCC[C@@H]2CCn2ccnc2C)cs1. The minimum atomic E-state index is 0.223. The van der Waals surface area contributed by atoms with E-state index in [1.54, 1.807) is 11.3 Å². The minimum absolute atomic E-state index is 0.223. The summed E-state index contributed by atoms with van der Waals surface area (Å²) < 4.78 is 2.18. The van der Waals surface area contributed by atoms with Crippen molar-refractivity contribution in [1.82, 2.24) is 14.5 Å². The zero-order valence-electron chi connectivity index (χ0n) is 14.7. The number of aryl methyl sites for hydroxylation is 3. The summed E-state index contributed by atoms with van der Waals surface area (Å²) in [5, 5.41) is 2.04. The molecule has 1 fully saturated rings. The minimum Gasteiger partial charge on any atom is -0.336 e. The highest BCUT2D eigenvalue weighted by atomic mass is 32.1. The summed E-state index contributed by atoms with van der Waals surface area (Å²) in [4.78, 5) is 20.7. The van der Waals surface area contributed by atoms with Crippen molar-refractivity contribution in [2.24, 2.45) is 0 Å². The number of rotatable bonds is 6. The molecule has 0 spiro atoms. The van der Waals surface area contributed by atoms with Crippen molar-refractivity contribution < 1.29 is 4.79 Å². The lowest BCUT2D eigenvalue weighted by Crippen LogP contribution is -2.44. The largest absolute Gasteiger partial charge is 0.336 e. The van der Waals surface area contributed by atoms with Crippen molar-refractivity contribution in [3.05, 3.63) is 40.1 Å². The lowest BCUT2D eigenvalue weighted by Gasteiger charge is -2.36. The fourth-order valence-corrected chi connectivity index (χ4v) is 4.50. The maximum absolute atomic E-state index is 13.0. The molecule has 2 aromatic heterocycles. The van der Waals surface area contributed by atoms with E-state index >= 15 is 0 Å². The Morgan fingerprint density at radius 2 is 2.29 bits per heavy atom. The van der Waals surface area contributed by atoms with Crippen LogP contribution >= 0.6 is 11.3 Å². The first-order chi connectivity index (χ1) is 11.7. The van der Waals surface area contributed by atoms with Gasteiger partial charge in [-0.2, -0.15) is 0 Å². The Balaban J connectivity index is 1.66. The zero-order chi connectivity index (χ0) is 16.9. The average Bonchev–Trinajstić information content (AvgIpc) is 3.22. The summed E-state index contributed by atoms with van der Waals surface area (Å²) >= 11 is 1.72. The van der Waals surface area contributed by atoms with E-state index in [-0.39, 0.29) is 5.91 Å². The molecular formula is C19H27N3OS. The van der Waals surface area contributed by atoms with Gasteiger partial charge in [-0.25, -0.2) is 4.98 Å². The van der Waals surface area contributed by atoms with Crippen LogP contribution in [0.3, 0.4) is 0 Å². The molecule has 5 heteroatoms. The zero-order valence-corrected chi connectivity index (χ0v) is 15.5.